The van der Waals surface area contributed by atoms with Crippen LogP contribution in [0.5, 0.6) is 0 Å². The van der Waals surface area contributed by atoms with Gasteiger partial charge in [0.25, 0.3) is 6.43 Å². The van der Waals surface area contributed by atoms with Crippen molar-refractivity contribution in [2.75, 3.05) is 26.7 Å². The predicted molar refractivity (Wildman–Crippen MR) is 59.9 cm³/mol. The maximum atomic E-state index is 11.9. The second-order valence-corrected chi connectivity index (χ2v) is 3.95. The molecule has 0 atom stereocenters. The standard InChI is InChI=1S/C10H19F2N3O2/c1-7(2)9(16)13-4-5-14-10(17)15(3)6-8(11)12/h7-8H,4-6H2,1-3H3,(H,13,16)(H,14,17). The van der Waals surface area contributed by atoms with E-state index in [0.29, 0.717) is 0 Å². The molecule has 17 heavy (non-hydrogen) atoms. The minimum Gasteiger partial charge on any atom is -0.354 e. The Hall–Kier alpha value is -1.40. The van der Waals surface area contributed by atoms with Crippen molar-refractivity contribution in [1.82, 2.24) is 15.5 Å². The van der Waals surface area contributed by atoms with E-state index in [1.54, 1.807) is 13.8 Å². The van der Waals surface area contributed by atoms with E-state index < -0.39 is 19.0 Å². The molecule has 0 fully saturated rings. The fraction of sp³-hybridized carbons (Fsp3) is 0.800. The molecule has 3 amide bonds. The highest BCUT2D eigenvalue weighted by molar-refractivity contribution is 5.78. The molecule has 2 N–H and O–H groups in total. The van der Waals surface area contributed by atoms with Gasteiger partial charge in [-0.25, -0.2) is 13.6 Å². The highest BCUT2D eigenvalue weighted by atomic mass is 19.3. The van der Waals surface area contributed by atoms with Crippen LogP contribution >= 0.6 is 0 Å². The first kappa shape index (κ1) is 15.6. The molecule has 0 heterocycles. The molecule has 0 saturated heterocycles. The molecule has 0 saturated carbocycles. The summed E-state index contributed by atoms with van der Waals surface area (Å²) in [5, 5.41) is 5.02. The Morgan fingerprint density at radius 2 is 1.71 bits per heavy atom. The Labute approximate surface area is 99.5 Å². The van der Waals surface area contributed by atoms with Gasteiger partial charge in [-0.3, -0.25) is 4.79 Å². The Balaban J connectivity index is 3.68. The molecular weight excluding hydrogens is 232 g/mol. The predicted octanol–water partition coefficient (Wildman–Crippen LogP) is 0.665. The van der Waals surface area contributed by atoms with Crippen LogP contribution in [-0.4, -0.2) is 49.9 Å². The van der Waals surface area contributed by atoms with Gasteiger partial charge < -0.3 is 15.5 Å². The van der Waals surface area contributed by atoms with Gasteiger partial charge in [-0.05, 0) is 0 Å². The number of halogens is 2. The summed E-state index contributed by atoms with van der Waals surface area (Å²) in [5.74, 6) is -0.229. The lowest BCUT2D eigenvalue weighted by molar-refractivity contribution is -0.123. The van der Waals surface area contributed by atoms with Gasteiger partial charge in [0, 0.05) is 26.1 Å². The number of hydrogen-bond acceptors (Lipinski definition) is 2. The van der Waals surface area contributed by atoms with Crippen molar-refractivity contribution < 1.29 is 18.4 Å². The molecule has 100 valence electrons. The van der Waals surface area contributed by atoms with Crippen molar-refractivity contribution in [2.24, 2.45) is 5.92 Å². The summed E-state index contributed by atoms with van der Waals surface area (Å²) in [7, 11) is 1.29. The van der Waals surface area contributed by atoms with Gasteiger partial charge in [0.05, 0.1) is 6.54 Å². The van der Waals surface area contributed by atoms with Crippen molar-refractivity contribution in [2.45, 2.75) is 20.3 Å². The Morgan fingerprint density at radius 1 is 1.18 bits per heavy atom. The quantitative estimate of drug-likeness (QED) is 0.681. The summed E-state index contributed by atoms with van der Waals surface area (Å²) in [6.07, 6.45) is -2.55. The fourth-order valence-electron chi connectivity index (χ4n) is 0.984. The van der Waals surface area contributed by atoms with Gasteiger partial charge >= 0.3 is 6.03 Å². The van der Waals surface area contributed by atoms with Crippen molar-refractivity contribution in [3.63, 3.8) is 0 Å². The Kier molecular flexibility index (Phi) is 7.16. The second-order valence-electron chi connectivity index (χ2n) is 3.95. The third kappa shape index (κ3) is 7.48. The highest BCUT2D eigenvalue weighted by Gasteiger charge is 2.13. The zero-order valence-electron chi connectivity index (χ0n) is 10.3. The van der Waals surface area contributed by atoms with E-state index in [2.05, 4.69) is 10.6 Å². The van der Waals surface area contributed by atoms with Crippen LogP contribution in [0.4, 0.5) is 13.6 Å². The van der Waals surface area contributed by atoms with Gasteiger partial charge in [0.2, 0.25) is 5.91 Å². The molecule has 0 aliphatic heterocycles. The minimum absolute atomic E-state index is 0.111. The lowest BCUT2D eigenvalue weighted by Crippen LogP contribution is -2.43. The molecule has 0 bridgehead atoms. The molecule has 0 aliphatic rings. The molecule has 0 unspecified atom stereocenters. The van der Waals surface area contributed by atoms with Gasteiger partial charge in [-0.15, -0.1) is 0 Å². The van der Waals surface area contributed by atoms with E-state index in [9.17, 15) is 18.4 Å². The van der Waals surface area contributed by atoms with E-state index in [1.165, 1.54) is 7.05 Å². The number of nitrogens with zero attached hydrogens (tertiary/aromatic N) is 1. The number of carbonyl (C=O) groups excluding carboxylic acids is 2. The van der Waals surface area contributed by atoms with E-state index in [-0.39, 0.29) is 24.9 Å². The van der Waals surface area contributed by atoms with Crippen LogP contribution in [0, 0.1) is 5.92 Å². The summed E-state index contributed by atoms with van der Waals surface area (Å²) in [6.45, 7) is 3.40. The summed E-state index contributed by atoms with van der Waals surface area (Å²) in [5.41, 5.74) is 0. The monoisotopic (exact) mass is 251 g/mol. The largest absolute Gasteiger partial charge is 0.354 e. The van der Waals surface area contributed by atoms with Crippen LogP contribution in [0.2, 0.25) is 0 Å². The minimum atomic E-state index is -2.55. The van der Waals surface area contributed by atoms with E-state index in [0.717, 1.165) is 4.90 Å². The Morgan fingerprint density at radius 3 is 2.18 bits per heavy atom. The first-order chi connectivity index (χ1) is 7.84. The average Bonchev–Trinajstić information content (AvgIpc) is 2.22. The molecular formula is C10H19F2N3O2. The van der Waals surface area contributed by atoms with Crippen molar-refractivity contribution in [3.8, 4) is 0 Å². The molecule has 0 spiro atoms. The van der Waals surface area contributed by atoms with Crippen molar-refractivity contribution >= 4 is 11.9 Å². The molecule has 0 radical (unpaired) electrons. The smallest absolute Gasteiger partial charge is 0.317 e. The fourth-order valence-corrected chi connectivity index (χ4v) is 0.984. The third-order valence-electron chi connectivity index (χ3n) is 1.98. The first-order valence-electron chi connectivity index (χ1n) is 5.39. The molecule has 7 heteroatoms. The maximum Gasteiger partial charge on any atom is 0.317 e. The van der Waals surface area contributed by atoms with Crippen LogP contribution < -0.4 is 10.6 Å². The van der Waals surface area contributed by atoms with Crippen molar-refractivity contribution in [3.05, 3.63) is 0 Å². The summed E-state index contributed by atoms with van der Waals surface area (Å²) in [6, 6.07) is -0.580. The lowest BCUT2D eigenvalue weighted by atomic mass is 10.2. The topological polar surface area (TPSA) is 61.4 Å². The zero-order chi connectivity index (χ0) is 13.4. The summed E-state index contributed by atoms with van der Waals surface area (Å²) < 4.78 is 23.9. The molecule has 0 aromatic heterocycles. The molecule has 0 aromatic carbocycles. The third-order valence-corrected chi connectivity index (χ3v) is 1.98. The van der Waals surface area contributed by atoms with Crippen LogP contribution in [0.1, 0.15) is 13.8 Å². The zero-order valence-corrected chi connectivity index (χ0v) is 10.3. The van der Waals surface area contributed by atoms with Gasteiger partial charge in [0.15, 0.2) is 0 Å². The SMILES string of the molecule is CC(C)C(=O)NCCNC(=O)N(C)CC(F)F. The number of amides is 3. The number of nitrogens with one attached hydrogen (secondary N) is 2. The Bertz CT molecular complexity index is 260. The summed E-state index contributed by atoms with van der Waals surface area (Å²) >= 11 is 0. The average molecular weight is 251 g/mol. The van der Waals surface area contributed by atoms with E-state index in [4.69, 9.17) is 0 Å². The lowest BCUT2D eigenvalue weighted by Gasteiger charge is -2.17. The van der Waals surface area contributed by atoms with Gasteiger partial charge in [-0.2, -0.15) is 0 Å². The second kappa shape index (κ2) is 7.81. The van der Waals surface area contributed by atoms with Crippen molar-refractivity contribution in [1.29, 1.82) is 0 Å². The highest BCUT2D eigenvalue weighted by Crippen LogP contribution is 1.95. The number of hydrogen-bond donors (Lipinski definition) is 2. The number of urea groups is 1. The van der Waals surface area contributed by atoms with Gasteiger partial charge in [-0.1, -0.05) is 13.8 Å². The van der Waals surface area contributed by atoms with E-state index >= 15 is 0 Å². The number of rotatable bonds is 6. The van der Waals surface area contributed by atoms with E-state index in [1.807, 2.05) is 0 Å². The number of alkyl halides is 2. The molecule has 5 nitrogen and oxygen atoms in total. The molecule has 0 aliphatic carbocycles. The molecule has 0 rings (SSSR count). The van der Waals surface area contributed by atoms with Crippen LogP contribution in [-0.2, 0) is 4.79 Å². The van der Waals surface area contributed by atoms with Crippen LogP contribution in [0.3, 0.4) is 0 Å². The normalized spacial score (nSPS) is 10.5. The molecule has 0 aromatic rings. The van der Waals surface area contributed by atoms with Crippen LogP contribution in [0.15, 0.2) is 0 Å². The first-order valence-corrected chi connectivity index (χ1v) is 5.39. The van der Waals surface area contributed by atoms with Gasteiger partial charge in [0.1, 0.15) is 0 Å². The van der Waals surface area contributed by atoms with Crippen LogP contribution in [0.25, 0.3) is 0 Å². The summed E-state index contributed by atoms with van der Waals surface area (Å²) in [4.78, 5) is 23.3. The number of carbonyl (C=O) groups is 2. The maximum absolute atomic E-state index is 11.9.